The molecule has 1 amide bonds. The number of rotatable bonds is 4. The SMILES string of the molecule is Cc1cc(C)c2oc3cc(NC(=O)COc4ccc(C(C)(C)C)cc4)ccc3c(=O)c2c1. The number of carbonyl (C=O) groups is 1. The molecular weight excluding hydrogens is 402 g/mol. The van der Waals surface area contributed by atoms with Crippen LogP contribution in [0.4, 0.5) is 5.69 Å². The molecule has 3 aromatic carbocycles. The molecule has 4 rings (SSSR count). The first-order chi connectivity index (χ1) is 15.1. The van der Waals surface area contributed by atoms with Crippen LogP contribution in [-0.4, -0.2) is 12.5 Å². The molecule has 32 heavy (non-hydrogen) atoms. The van der Waals surface area contributed by atoms with Gasteiger partial charge in [0.2, 0.25) is 5.43 Å². The second-order valence-electron chi connectivity index (χ2n) is 9.21. The number of hydrogen-bond acceptors (Lipinski definition) is 4. The van der Waals surface area contributed by atoms with Crippen LogP contribution in [0.5, 0.6) is 5.75 Å². The van der Waals surface area contributed by atoms with Crippen molar-refractivity contribution in [2.75, 3.05) is 11.9 Å². The van der Waals surface area contributed by atoms with Gasteiger partial charge in [-0.05, 0) is 66.3 Å². The first-order valence-electron chi connectivity index (χ1n) is 10.6. The van der Waals surface area contributed by atoms with Gasteiger partial charge in [-0.25, -0.2) is 0 Å². The van der Waals surface area contributed by atoms with Crippen molar-refractivity contribution >= 4 is 33.5 Å². The topological polar surface area (TPSA) is 68.5 Å². The molecule has 164 valence electrons. The summed E-state index contributed by atoms with van der Waals surface area (Å²) >= 11 is 0. The smallest absolute Gasteiger partial charge is 0.262 e. The number of aryl methyl sites for hydroxylation is 2. The zero-order chi connectivity index (χ0) is 23.0. The maximum Gasteiger partial charge on any atom is 0.262 e. The van der Waals surface area contributed by atoms with Crippen LogP contribution in [0.15, 0.2) is 63.8 Å². The van der Waals surface area contributed by atoms with Crippen LogP contribution in [0.2, 0.25) is 0 Å². The maximum atomic E-state index is 12.9. The Labute approximate surface area is 187 Å². The van der Waals surface area contributed by atoms with Gasteiger partial charge in [-0.3, -0.25) is 9.59 Å². The Hall–Kier alpha value is -3.60. The monoisotopic (exact) mass is 429 g/mol. The van der Waals surface area contributed by atoms with Gasteiger partial charge in [0, 0.05) is 11.8 Å². The van der Waals surface area contributed by atoms with Crippen molar-refractivity contribution in [2.45, 2.75) is 40.0 Å². The molecule has 0 saturated carbocycles. The molecule has 0 saturated heterocycles. The van der Waals surface area contributed by atoms with Crippen molar-refractivity contribution in [3.8, 4) is 5.75 Å². The fourth-order valence-corrected chi connectivity index (χ4v) is 3.78. The molecule has 1 aromatic heterocycles. The average Bonchev–Trinajstić information content (AvgIpc) is 2.73. The van der Waals surface area contributed by atoms with E-state index in [0.29, 0.717) is 33.4 Å². The van der Waals surface area contributed by atoms with Gasteiger partial charge in [0.25, 0.3) is 5.91 Å². The first-order valence-corrected chi connectivity index (χ1v) is 10.6. The van der Waals surface area contributed by atoms with Gasteiger partial charge in [0.05, 0.1) is 10.8 Å². The second kappa shape index (κ2) is 8.15. The third-order valence-corrected chi connectivity index (χ3v) is 5.48. The summed E-state index contributed by atoms with van der Waals surface area (Å²) in [5.41, 5.74) is 4.64. The van der Waals surface area contributed by atoms with Crippen molar-refractivity contribution < 1.29 is 13.9 Å². The van der Waals surface area contributed by atoms with Crippen LogP contribution in [-0.2, 0) is 10.2 Å². The van der Waals surface area contributed by atoms with E-state index in [1.54, 1.807) is 18.2 Å². The highest BCUT2D eigenvalue weighted by molar-refractivity contribution is 5.96. The Balaban J connectivity index is 1.51. The fraction of sp³-hybridized carbons (Fsp3) is 0.259. The summed E-state index contributed by atoms with van der Waals surface area (Å²) in [4.78, 5) is 25.3. The summed E-state index contributed by atoms with van der Waals surface area (Å²) < 4.78 is 11.6. The lowest BCUT2D eigenvalue weighted by Gasteiger charge is -2.19. The summed E-state index contributed by atoms with van der Waals surface area (Å²) in [6.07, 6.45) is 0. The second-order valence-corrected chi connectivity index (χ2v) is 9.21. The zero-order valence-corrected chi connectivity index (χ0v) is 19.0. The number of nitrogens with one attached hydrogen (secondary N) is 1. The predicted molar refractivity (Wildman–Crippen MR) is 129 cm³/mol. The van der Waals surface area contributed by atoms with E-state index in [4.69, 9.17) is 9.15 Å². The molecule has 1 heterocycles. The van der Waals surface area contributed by atoms with E-state index in [2.05, 4.69) is 26.1 Å². The van der Waals surface area contributed by atoms with Gasteiger partial charge in [0.1, 0.15) is 16.9 Å². The standard InChI is InChI=1S/C27H27NO4/c1-16-12-17(2)26-22(13-16)25(30)21-11-8-19(14-23(21)32-26)28-24(29)15-31-20-9-6-18(7-10-20)27(3,4)5/h6-14H,15H2,1-5H3,(H,28,29). The van der Waals surface area contributed by atoms with Crippen LogP contribution < -0.4 is 15.5 Å². The molecule has 1 N–H and O–H groups in total. The van der Waals surface area contributed by atoms with E-state index in [-0.39, 0.29) is 23.4 Å². The molecule has 4 aromatic rings. The molecule has 0 unspecified atom stereocenters. The highest BCUT2D eigenvalue weighted by atomic mass is 16.5. The third kappa shape index (κ3) is 4.37. The minimum absolute atomic E-state index is 0.0592. The number of amides is 1. The minimum atomic E-state index is -0.292. The quantitative estimate of drug-likeness (QED) is 0.412. The van der Waals surface area contributed by atoms with E-state index >= 15 is 0 Å². The summed E-state index contributed by atoms with van der Waals surface area (Å²) in [6.45, 7) is 10.2. The molecule has 0 aliphatic carbocycles. The number of benzene rings is 3. The Morgan fingerprint density at radius 3 is 2.38 bits per heavy atom. The van der Waals surface area contributed by atoms with E-state index < -0.39 is 0 Å². The maximum absolute atomic E-state index is 12.9. The van der Waals surface area contributed by atoms with Crippen LogP contribution in [0.1, 0.15) is 37.5 Å². The normalized spacial score (nSPS) is 11.7. The summed E-state index contributed by atoms with van der Waals surface area (Å²) in [6, 6.07) is 16.6. The van der Waals surface area contributed by atoms with Crippen molar-refractivity contribution in [1.29, 1.82) is 0 Å². The molecule has 5 heteroatoms. The molecule has 0 atom stereocenters. The summed E-state index contributed by atoms with van der Waals surface area (Å²) in [5.74, 6) is 0.342. The lowest BCUT2D eigenvalue weighted by molar-refractivity contribution is -0.118. The van der Waals surface area contributed by atoms with E-state index in [1.165, 1.54) is 5.56 Å². The van der Waals surface area contributed by atoms with Gasteiger partial charge >= 0.3 is 0 Å². The molecule has 0 fully saturated rings. The highest BCUT2D eigenvalue weighted by Gasteiger charge is 2.14. The van der Waals surface area contributed by atoms with Crippen molar-refractivity contribution in [1.82, 2.24) is 0 Å². The lowest BCUT2D eigenvalue weighted by atomic mass is 9.87. The van der Waals surface area contributed by atoms with Gasteiger partial charge in [-0.1, -0.05) is 39.0 Å². The van der Waals surface area contributed by atoms with Crippen molar-refractivity contribution in [2.24, 2.45) is 0 Å². The van der Waals surface area contributed by atoms with E-state index in [0.717, 1.165) is 11.1 Å². The molecule has 5 nitrogen and oxygen atoms in total. The van der Waals surface area contributed by atoms with Gasteiger partial charge < -0.3 is 14.5 Å². The van der Waals surface area contributed by atoms with Crippen molar-refractivity contribution in [3.63, 3.8) is 0 Å². The molecule has 0 radical (unpaired) electrons. The summed E-state index contributed by atoms with van der Waals surface area (Å²) in [5, 5.41) is 3.85. The molecule has 0 bridgehead atoms. The number of fused-ring (bicyclic) bond motifs is 2. The van der Waals surface area contributed by atoms with E-state index in [1.807, 2.05) is 50.2 Å². The van der Waals surface area contributed by atoms with Crippen LogP contribution in [0.3, 0.4) is 0 Å². The summed E-state index contributed by atoms with van der Waals surface area (Å²) in [7, 11) is 0. The molecule has 0 aliphatic heterocycles. The zero-order valence-electron chi connectivity index (χ0n) is 19.0. The van der Waals surface area contributed by atoms with Crippen LogP contribution in [0.25, 0.3) is 21.9 Å². The number of carbonyl (C=O) groups excluding carboxylic acids is 1. The number of ether oxygens (including phenoxy) is 1. The average molecular weight is 430 g/mol. The Morgan fingerprint density at radius 2 is 1.69 bits per heavy atom. The Bertz CT molecular complexity index is 1380. The fourth-order valence-electron chi connectivity index (χ4n) is 3.78. The van der Waals surface area contributed by atoms with Crippen molar-refractivity contribution in [3.05, 3.63) is 81.5 Å². The Morgan fingerprint density at radius 1 is 0.969 bits per heavy atom. The van der Waals surface area contributed by atoms with Crippen LogP contribution in [0, 0.1) is 13.8 Å². The molecule has 0 aliphatic rings. The largest absolute Gasteiger partial charge is 0.484 e. The van der Waals surface area contributed by atoms with Gasteiger partial charge in [-0.15, -0.1) is 0 Å². The Kier molecular flexibility index (Phi) is 5.51. The van der Waals surface area contributed by atoms with E-state index in [9.17, 15) is 9.59 Å². The first kappa shape index (κ1) is 21.6. The van der Waals surface area contributed by atoms with Gasteiger partial charge in [0.15, 0.2) is 6.61 Å². The lowest BCUT2D eigenvalue weighted by Crippen LogP contribution is -2.20. The van der Waals surface area contributed by atoms with Crippen LogP contribution >= 0.6 is 0 Å². The number of anilines is 1. The minimum Gasteiger partial charge on any atom is -0.484 e. The highest BCUT2D eigenvalue weighted by Crippen LogP contribution is 2.26. The third-order valence-electron chi connectivity index (χ3n) is 5.48. The predicted octanol–water partition coefficient (Wildman–Crippen LogP) is 5.88. The van der Waals surface area contributed by atoms with Gasteiger partial charge in [-0.2, -0.15) is 0 Å². The molecular formula is C27H27NO4. The molecule has 0 spiro atoms. The number of hydrogen-bond donors (Lipinski definition) is 1.